The highest BCUT2D eigenvalue weighted by molar-refractivity contribution is 7.16. The molecule has 0 unspecified atom stereocenters. The molecule has 0 radical (unpaired) electrons. The van der Waals surface area contributed by atoms with Crippen molar-refractivity contribution >= 4 is 21.6 Å². The van der Waals surface area contributed by atoms with Crippen molar-refractivity contribution in [3.63, 3.8) is 0 Å². The van der Waals surface area contributed by atoms with E-state index in [0.29, 0.717) is 0 Å². The maximum Gasteiger partial charge on any atom is 0.0812 e. The third kappa shape index (κ3) is 3.03. The highest BCUT2D eigenvalue weighted by atomic mass is 32.1. The monoisotopic (exact) mass is 235 g/mol. The zero-order valence-corrected chi connectivity index (χ0v) is 11.0. The van der Waals surface area contributed by atoms with E-state index in [1.54, 1.807) is 11.3 Å². The Morgan fingerprint density at radius 3 is 2.81 bits per heavy atom. The van der Waals surface area contributed by atoms with E-state index in [1.165, 1.54) is 29.6 Å². The number of benzene rings is 1. The Hall–Kier alpha value is -0.930. The van der Waals surface area contributed by atoms with Crippen LogP contribution in [0.2, 0.25) is 0 Å². The maximum atomic E-state index is 4.29. The predicted molar refractivity (Wildman–Crippen MR) is 70.8 cm³/mol. The number of nitrogens with zero attached hydrogens (tertiary/aromatic N) is 2. The Balaban J connectivity index is 1.99. The van der Waals surface area contributed by atoms with E-state index < -0.39 is 0 Å². The van der Waals surface area contributed by atoms with Crippen LogP contribution in [0.25, 0.3) is 10.2 Å². The third-order valence-electron chi connectivity index (χ3n) is 2.69. The summed E-state index contributed by atoms with van der Waals surface area (Å²) in [5, 5.41) is 0. The quantitative estimate of drug-likeness (QED) is 0.743. The van der Waals surface area contributed by atoms with Crippen molar-refractivity contribution in [1.82, 2.24) is 4.98 Å². The van der Waals surface area contributed by atoms with Gasteiger partial charge in [0.1, 0.15) is 0 Å². The second-order valence-electron chi connectivity index (χ2n) is 5.27. The first-order chi connectivity index (χ1) is 7.54. The Morgan fingerprint density at radius 1 is 1.25 bits per heavy atom. The van der Waals surface area contributed by atoms with Crippen LogP contribution in [0.15, 0.2) is 23.7 Å². The molecule has 0 spiro atoms. The van der Waals surface area contributed by atoms with Gasteiger partial charge >= 0.3 is 0 Å². The summed E-state index contributed by atoms with van der Waals surface area (Å²) in [5.74, 6) is 0. The summed E-state index contributed by atoms with van der Waals surface area (Å²) in [4.78, 5) is 4.29. The molecule has 2 aromatic rings. The summed E-state index contributed by atoms with van der Waals surface area (Å²) in [6.45, 7) is 1.22. The third-order valence-corrected chi connectivity index (χ3v) is 3.48. The average Bonchev–Trinajstić information content (AvgIpc) is 2.62. The summed E-state index contributed by atoms with van der Waals surface area (Å²) in [5.41, 5.74) is 4.48. The first kappa shape index (κ1) is 11.6. The highest BCUT2D eigenvalue weighted by Gasteiger charge is 2.06. The molecule has 0 aliphatic heterocycles. The Morgan fingerprint density at radius 2 is 2.06 bits per heavy atom. The summed E-state index contributed by atoms with van der Waals surface area (Å²) >= 11 is 1.73. The van der Waals surface area contributed by atoms with Crippen molar-refractivity contribution in [3.05, 3.63) is 29.3 Å². The van der Waals surface area contributed by atoms with Crippen LogP contribution in [0.3, 0.4) is 0 Å². The smallest absolute Gasteiger partial charge is 0.0812 e. The number of thiazole rings is 1. The Kier molecular flexibility index (Phi) is 3.26. The minimum Gasteiger partial charge on any atom is -0.331 e. The van der Waals surface area contributed by atoms with E-state index in [0.717, 1.165) is 10.00 Å². The van der Waals surface area contributed by atoms with E-state index in [1.807, 2.05) is 5.51 Å². The zero-order valence-electron chi connectivity index (χ0n) is 10.2. The van der Waals surface area contributed by atoms with E-state index in [4.69, 9.17) is 0 Å². The number of aromatic nitrogens is 1. The van der Waals surface area contributed by atoms with Crippen LogP contribution in [0.1, 0.15) is 12.0 Å². The first-order valence-corrected chi connectivity index (χ1v) is 6.55. The average molecular weight is 235 g/mol. The lowest BCUT2D eigenvalue weighted by Crippen LogP contribution is -2.35. The van der Waals surface area contributed by atoms with Crippen molar-refractivity contribution in [3.8, 4) is 0 Å². The number of quaternary nitrogens is 1. The minimum atomic E-state index is 1.04. The van der Waals surface area contributed by atoms with Gasteiger partial charge in [0.2, 0.25) is 0 Å². The van der Waals surface area contributed by atoms with Gasteiger partial charge in [-0.15, -0.1) is 11.3 Å². The van der Waals surface area contributed by atoms with Crippen LogP contribution in [-0.4, -0.2) is 37.2 Å². The van der Waals surface area contributed by atoms with Gasteiger partial charge in [0.15, 0.2) is 0 Å². The standard InChI is InChI=1S/C13H19N2S/c1-15(2,3)8-4-5-11-6-7-12-13(9-11)16-10-14-12/h6-7,9-10H,4-5,8H2,1-3H3/q+1. The van der Waals surface area contributed by atoms with Crippen LogP contribution >= 0.6 is 11.3 Å². The van der Waals surface area contributed by atoms with Crippen molar-refractivity contribution in [1.29, 1.82) is 0 Å². The Bertz CT molecular complexity index is 468. The summed E-state index contributed by atoms with van der Waals surface area (Å²) in [7, 11) is 6.73. The minimum absolute atomic E-state index is 1.04. The number of aryl methyl sites for hydroxylation is 1. The van der Waals surface area contributed by atoms with Gasteiger partial charge in [-0.1, -0.05) is 6.07 Å². The van der Waals surface area contributed by atoms with Gasteiger partial charge in [-0.05, 0) is 24.1 Å². The number of hydrogen-bond donors (Lipinski definition) is 0. The lowest BCUT2D eigenvalue weighted by molar-refractivity contribution is -0.870. The van der Waals surface area contributed by atoms with Gasteiger partial charge in [0.05, 0.1) is 43.4 Å². The van der Waals surface area contributed by atoms with E-state index >= 15 is 0 Å². The number of fused-ring (bicyclic) bond motifs is 1. The van der Waals surface area contributed by atoms with Crippen LogP contribution in [0, 0.1) is 0 Å². The molecule has 0 fully saturated rings. The van der Waals surface area contributed by atoms with Crippen molar-refractivity contribution in [2.75, 3.05) is 27.7 Å². The molecule has 16 heavy (non-hydrogen) atoms. The summed E-state index contributed by atoms with van der Waals surface area (Å²) in [6, 6.07) is 6.62. The fourth-order valence-corrected chi connectivity index (χ4v) is 2.55. The van der Waals surface area contributed by atoms with Crippen LogP contribution in [0.4, 0.5) is 0 Å². The summed E-state index contributed by atoms with van der Waals surface area (Å²) < 4.78 is 2.35. The lowest BCUT2D eigenvalue weighted by Gasteiger charge is -2.23. The molecule has 2 rings (SSSR count). The lowest BCUT2D eigenvalue weighted by atomic mass is 10.1. The molecule has 0 saturated carbocycles. The van der Waals surface area contributed by atoms with Gasteiger partial charge in [-0.25, -0.2) is 4.98 Å². The molecule has 0 bridgehead atoms. The molecule has 0 N–H and O–H groups in total. The molecule has 0 amide bonds. The molecule has 0 atom stereocenters. The second kappa shape index (κ2) is 4.52. The van der Waals surface area contributed by atoms with E-state index in [9.17, 15) is 0 Å². The van der Waals surface area contributed by atoms with Crippen molar-refractivity contribution in [2.24, 2.45) is 0 Å². The molecule has 3 heteroatoms. The zero-order chi connectivity index (χ0) is 11.6. The Labute approximate surface area is 101 Å². The van der Waals surface area contributed by atoms with Crippen molar-refractivity contribution in [2.45, 2.75) is 12.8 Å². The predicted octanol–water partition coefficient (Wildman–Crippen LogP) is 2.94. The molecular formula is C13H19N2S+. The fraction of sp³-hybridized carbons (Fsp3) is 0.462. The van der Waals surface area contributed by atoms with Crippen molar-refractivity contribution < 1.29 is 4.48 Å². The molecule has 0 saturated heterocycles. The summed E-state index contributed by atoms with van der Waals surface area (Å²) in [6.07, 6.45) is 2.41. The molecule has 2 nitrogen and oxygen atoms in total. The van der Waals surface area contributed by atoms with Gasteiger partial charge in [-0.3, -0.25) is 0 Å². The van der Waals surface area contributed by atoms with Gasteiger partial charge in [0, 0.05) is 6.42 Å². The van der Waals surface area contributed by atoms with E-state index in [2.05, 4.69) is 44.3 Å². The van der Waals surface area contributed by atoms with Crippen LogP contribution in [0.5, 0.6) is 0 Å². The highest BCUT2D eigenvalue weighted by Crippen LogP contribution is 2.19. The largest absolute Gasteiger partial charge is 0.331 e. The molecular weight excluding hydrogens is 216 g/mol. The van der Waals surface area contributed by atoms with E-state index in [-0.39, 0.29) is 0 Å². The first-order valence-electron chi connectivity index (χ1n) is 5.67. The fourth-order valence-electron chi connectivity index (χ4n) is 1.81. The SMILES string of the molecule is C[N+](C)(C)CCCc1ccc2ncsc2c1. The molecule has 86 valence electrons. The molecule has 1 aromatic carbocycles. The van der Waals surface area contributed by atoms with Gasteiger partial charge < -0.3 is 4.48 Å². The molecule has 1 aromatic heterocycles. The number of hydrogen-bond acceptors (Lipinski definition) is 2. The number of rotatable bonds is 4. The topological polar surface area (TPSA) is 12.9 Å². The van der Waals surface area contributed by atoms with Crippen LogP contribution < -0.4 is 0 Å². The van der Waals surface area contributed by atoms with Crippen LogP contribution in [-0.2, 0) is 6.42 Å². The molecule has 0 aliphatic carbocycles. The van der Waals surface area contributed by atoms with Gasteiger partial charge in [-0.2, -0.15) is 0 Å². The normalized spacial score (nSPS) is 12.2. The van der Waals surface area contributed by atoms with Gasteiger partial charge in [0.25, 0.3) is 0 Å². The maximum absolute atomic E-state index is 4.29. The molecule has 1 heterocycles. The second-order valence-corrected chi connectivity index (χ2v) is 6.16. The molecule has 0 aliphatic rings.